The van der Waals surface area contributed by atoms with Crippen molar-refractivity contribution < 1.29 is 23.0 Å². The minimum Gasteiger partial charge on any atom is -0.395 e. The van der Waals surface area contributed by atoms with E-state index in [0.717, 1.165) is 31.1 Å². The predicted molar refractivity (Wildman–Crippen MR) is 94.1 cm³/mol. The number of fused-ring (bicyclic) bond motifs is 3. The fraction of sp³-hybridized carbons (Fsp3) is 0.684. The Kier molecular flexibility index (Phi) is 5.79. The van der Waals surface area contributed by atoms with E-state index in [1.54, 1.807) is 0 Å². The SMILES string of the molecule is CCN(CCO)C[C@H]1CC[C@H]2[C@H](C)Nc3ccc(C(F)(F)F)cc3[C@H]2O1. The predicted octanol–water partition coefficient (Wildman–Crippen LogP) is 3.67. The summed E-state index contributed by atoms with van der Waals surface area (Å²) in [5, 5.41) is 12.5. The normalized spacial score (nSPS) is 28.4. The fourth-order valence-corrected chi connectivity index (χ4v) is 4.12. The van der Waals surface area contributed by atoms with E-state index in [0.29, 0.717) is 18.7 Å². The molecule has 0 spiro atoms. The summed E-state index contributed by atoms with van der Waals surface area (Å²) < 4.78 is 45.7. The summed E-state index contributed by atoms with van der Waals surface area (Å²) >= 11 is 0. The van der Waals surface area contributed by atoms with Crippen LogP contribution in [0.2, 0.25) is 0 Å². The Labute approximate surface area is 152 Å². The maximum Gasteiger partial charge on any atom is 0.416 e. The number of hydrogen-bond donors (Lipinski definition) is 2. The first-order chi connectivity index (χ1) is 12.3. The van der Waals surface area contributed by atoms with Gasteiger partial charge in [0.15, 0.2) is 0 Å². The molecule has 2 aliphatic heterocycles. The third kappa shape index (κ3) is 4.00. The van der Waals surface area contributed by atoms with Gasteiger partial charge in [-0.05, 0) is 44.5 Å². The molecule has 146 valence electrons. The second-order valence-corrected chi connectivity index (χ2v) is 7.27. The number of anilines is 1. The molecule has 4 atom stereocenters. The minimum absolute atomic E-state index is 0.0320. The fourth-order valence-electron chi connectivity index (χ4n) is 4.12. The third-order valence-electron chi connectivity index (χ3n) is 5.59. The van der Waals surface area contributed by atoms with E-state index in [9.17, 15) is 13.2 Å². The lowest BCUT2D eigenvalue weighted by molar-refractivity contribution is -0.138. The van der Waals surface area contributed by atoms with Crippen LogP contribution < -0.4 is 5.32 Å². The standard InChI is InChI=1S/C19H27F3N2O2/c1-3-24(8-9-25)11-14-5-6-15-12(2)23-17-7-4-13(19(20,21)22)10-16(17)18(15)26-14/h4,7,10,12,14-15,18,23,25H,3,5-6,8-9,11H2,1-2H3/t12-,14+,15-,18-/m0/s1. The van der Waals surface area contributed by atoms with Gasteiger partial charge in [0.1, 0.15) is 0 Å². The average Bonchev–Trinajstić information content (AvgIpc) is 2.60. The first-order valence-electron chi connectivity index (χ1n) is 9.29. The number of nitrogens with one attached hydrogen (secondary N) is 1. The Hall–Kier alpha value is -1.31. The van der Waals surface area contributed by atoms with E-state index in [1.807, 2.05) is 6.92 Å². The van der Waals surface area contributed by atoms with Gasteiger partial charge in [0.25, 0.3) is 0 Å². The topological polar surface area (TPSA) is 44.7 Å². The van der Waals surface area contributed by atoms with Crippen LogP contribution in [-0.2, 0) is 10.9 Å². The number of halogens is 3. The number of hydrogen-bond acceptors (Lipinski definition) is 4. The number of likely N-dealkylation sites (N-methyl/N-ethyl adjacent to an activating group) is 1. The van der Waals surface area contributed by atoms with Gasteiger partial charge in [-0.1, -0.05) is 6.92 Å². The van der Waals surface area contributed by atoms with Crippen molar-refractivity contribution in [3.63, 3.8) is 0 Å². The van der Waals surface area contributed by atoms with Crippen LogP contribution in [0.4, 0.5) is 18.9 Å². The smallest absolute Gasteiger partial charge is 0.395 e. The quantitative estimate of drug-likeness (QED) is 0.828. The maximum absolute atomic E-state index is 13.1. The van der Waals surface area contributed by atoms with Crippen molar-refractivity contribution in [2.75, 3.05) is 31.6 Å². The van der Waals surface area contributed by atoms with Crippen LogP contribution >= 0.6 is 0 Å². The zero-order valence-electron chi connectivity index (χ0n) is 15.2. The molecule has 1 fully saturated rings. The van der Waals surface area contributed by atoms with Crippen LogP contribution in [0.25, 0.3) is 0 Å². The summed E-state index contributed by atoms with van der Waals surface area (Å²) in [7, 11) is 0. The highest BCUT2D eigenvalue weighted by Crippen LogP contribution is 2.46. The molecule has 26 heavy (non-hydrogen) atoms. The van der Waals surface area contributed by atoms with Crippen LogP contribution in [0.1, 0.15) is 43.9 Å². The van der Waals surface area contributed by atoms with E-state index >= 15 is 0 Å². The molecule has 3 rings (SSSR count). The van der Waals surface area contributed by atoms with Gasteiger partial charge in [0.2, 0.25) is 0 Å². The van der Waals surface area contributed by atoms with E-state index in [-0.39, 0.29) is 30.8 Å². The summed E-state index contributed by atoms with van der Waals surface area (Å²) in [6.07, 6.45) is -2.92. The lowest BCUT2D eigenvalue weighted by atomic mass is 9.79. The molecular weight excluding hydrogens is 345 g/mol. The van der Waals surface area contributed by atoms with E-state index in [1.165, 1.54) is 12.1 Å². The number of aliphatic hydroxyl groups excluding tert-OH is 1. The van der Waals surface area contributed by atoms with Crippen LogP contribution in [0.3, 0.4) is 0 Å². The van der Waals surface area contributed by atoms with E-state index < -0.39 is 11.7 Å². The zero-order chi connectivity index (χ0) is 18.9. The van der Waals surface area contributed by atoms with Gasteiger partial charge in [0.05, 0.1) is 24.4 Å². The van der Waals surface area contributed by atoms with Crippen molar-refractivity contribution in [2.24, 2.45) is 5.92 Å². The molecule has 0 aromatic heterocycles. The molecule has 0 aliphatic carbocycles. The van der Waals surface area contributed by atoms with Gasteiger partial charge >= 0.3 is 6.18 Å². The highest BCUT2D eigenvalue weighted by Gasteiger charge is 2.41. The second kappa shape index (κ2) is 7.74. The number of nitrogens with zero attached hydrogens (tertiary/aromatic N) is 1. The Morgan fingerprint density at radius 3 is 2.73 bits per heavy atom. The molecule has 2 heterocycles. The molecule has 0 bridgehead atoms. The lowest BCUT2D eigenvalue weighted by Gasteiger charge is -2.45. The Bertz CT molecular complexity index is 623. The van der Waals surface area contributed by atoms with E-state index in [2.05, 4.69) is 17.1 Å². The first-order valence-corrected chi connectivity index (χ1v) is 9.29. The Morgan fingerprint density at radius 2 is 2.08 bits per heavy atom. The molecule has 2 N–H and O–H groups in total. The molecular formula is C19H27F3N2O2. The highest BCUT2D eigenvalue weighted by molar-refractivity contribution is 5.57. The molecule has 0 radical (unpaired) electrons. The maximum atomic E-state index is 13.1. The van der Waals surface area contributed by atoms with E-state index in [4.69, 9.17) is 9.84 Å². The monoisotopic (exact) mass is 372 g/mol. The van der Waals surface area contributed by atoms with Crippen molar-refractivity contribution in [2.45, 2.75) is 51.1 Å². The number of ether oxygens (including phenoxy) is 1. The number of rotatable bonds is 5. The Morgan fingerprint density at radius 1 is 1.31 bits per heavy atom. The number of aliphatic hydroxyl groups is 1. The first kappa shape index (κ1) is 19.5. The number of benzene rings is 1. The van der Waals surface area contributed by atoms with Gasteiger partial charge in [-0.15, -0.1) is 0 Å². The van der Waals surface area contributed by atoms with Crippen molar-refractivity contribution in [1.82, 2.24) is 4.90 Å². The molecule has 0 amide bonds. The summed E-state index contributed by atoms with van der Waals surface area (Å²) in [4.78, 5) is 2.11. The van der Waals surface area contributed by atoms with Gasteiger partial charge < -0.3 is 15.2 Å². The second-order valence-electron chi connectivity index (χ2n) is 7.27. The molecule has 1 aromatic rings. The average molecular weight is 372 g/mol. The summed E-state index contributed by atoms with van der Waals surface area (Å²) in [5.41, 5.74) is 0.709. The van der Waals surface area contributed by atoms with Crippen molar-refractivity contribution in [1.29, 1.82) is 0 Å². The lowest BCUT2D eigenvalue weighted by Crippen LogP contribution is -2.45. The van der Waals surface area contributed by atoms with Crippen LogP contribution in [0.5, 0.6) is 0 Å². The molecule has 0 saturated carbocycles. The van der Waals surface area contributed by atoms with Crippen molar-refractivity contribution in [3.8, 4) is 0 Å². The summed E-state index contributed by atoms with van der Waals surface area (Å²) in [6.45, 7) is 6.26. The third-order valence-corrected chi connectivity index (χ3v) is 5.59. The van der Waals surface area contributed by atoms with Crippen LogP contribution in [0.15, 0.2) is 18.2 Å². The molecule has 7 heteroatoms. The highest BCUT2D eigenvalue weighted by atomic mass is 19.4. The van der Waals surface area contributed by atoms with Crippen LogP contribution in [-0.4, -0.2) is 48.4 Å². The summed E-state index contributed by atoms with van der Waals surface area (Å²) in [5.74, 6) is 0.162. The number of alkyl halides is 3. The van der Waals surface area contributed by atoms with Crippen LogP contribution in [0, 0.1) is 5.92 Å². The molecule has 0 unspecified atom stereocenters. The largest absolute Gasteiger partial charge is 0.416 e. The Balaban J connectivity index is 1.83. The molecule has 1 saturated heterocycles. The zero-order valence-corrected chi connectivity index (χ0v) is 15.2. The summed E-state index contributed by atoms with van der Waals surface area (Å²) in [6, 6.07) is 4.03. The van der Waals surface area contributed by atoms with Gasteiger partial charge in [-0.3, -0.25) is 4.90 Å². The molecule has 1 aromatic carbocycles. The molecule has 4 nitrogen and oxygen atoms in total. The van der Waals surface area contributed by atoms with Crippen molar-refractivity contribution in [3.05, 3.63) is 29.3 Å². The van der Waals surface area contributed by atoms with Crippen molar-refractivity contribution >= 4 is 5.69 Å². The molecule has 2 aliphatic rings. The van der Waals surface area contributed by atoms with Gasteiger partial charge in [0, 0.05) is 36.3 Å². The van der Waals surface area contributed by atoms with Gasteiger partial charge in [-0.25, -0.2) is 0 Å². The minimum atomic E-state index is -4.36. The van der Waals surface area contributed by atoms with Gasteiger partial charge in [-0.2, -0.15) is 13.2 Å².